The van der Waals surface area contributed by atoms with Crippen LogP contribution >= 0.6 is 0 Å². The Balaban J connectivity index is 3.01. The number of hydrogen-bond acceptors (Lipinski definition) is 0. The van der Waals surface area contributed by atoms with Gasteiger partial charge in [0.05, 0.1) is 0 Å². The molecule has 1 aliphatic carbocycles. The molecule has 0 amide bonds. The first-order valence-corrected chi connectivity index (χ1v) is 8.34. The van der Waals surface area contributed by atoms with Crippen molar-refractivity contribution < 1.29 is 0 Å². The molecular formula is C23H30. The van der Waals surface area contributed by atoms with E-state index in [1.54, 1.807) is 0 Å². The van der Waals surface area contributed by atoms with Crippen molar-refractivity contribution in [3.63, 3.8) is 0 Å². The quantitative estimate of drug-likeness (QED) is 0.494. The summed E-state index contributed by atoms with van der Waals surface area (Å²) < 4.78 is 0. The minimum absolute atomic E-state index is 0.253. The molecule has 0 spiro atoms. The zero-order chi connectivity index (χ0) is 17.2. The normalized spacial score (nSPS) is 24.7. The van der Waals surface area contributed by atoms with Crippen LogP contribution in [-0.4, -0.2) is 0 Å². The molecule has 23 heavy (non-hydrogen) atoms. The van der Waals surface area contributed by atoms with E-state index in [9.17, 15) is 0 Å². The Morgan fingerprint density at radius 1 is 0.739 bits per heavy atom. The molecule has 0 aromatic heterocycles. The van der Waals surface area contributed by atoms with Gasteiger partial charge in [-0.3, -0.25) is 0 Å². The Morgan fingerprint density at radius 3 is 1.52 bits per heavy atom. The molecule has 0 heterocycles. The Labute approximate surface area is 142 Å². The van der Waals surface area contributed by atoms with Crippen LogP contribution in [0, 0.1) is 11.8 Å². The van der Waals surface area contributed by atoms with Crippen LogP contribution in [0.3, 0.4) is 0 Å². The average Bonchev–Trinajstić information content (AvgIpc) is 2.47. The molecule has 0 heteroatoms. The van der Waals surface area contributed by atoms with Crippen molar-refractivity contribution in [2.75, 3.05) is 0 Å². The summed E-state index contributed by atoms with van der Waals surface area (Å²) in [6, 6.07) is 0. The summed E-state index contributed by atoms with van der Waals surface area (Å²) in [5.74, 6) is 0.713. The number of hydrogen-bond donors (Lipinski definition) is 0. The molecule has 0 N–H and O–H groups in total. The Morgan fingerprint density at radius 2 is 1.13 bits per heavy atom. The Bertz CT molecular complexity index is 525. The fraction of sp³-hybridized carbons (Fsp3) is 0.304. The highest BCUT2D eigenvalue weighted by Crippen LogP contribution is 2.28. The highest BCUT2D eigenvalue weighted by molar-refractivity contribution is 5.35. The zero-order valence-corrected chi connectivity index (χ0v) is 14.7. The van der Waals surface area contributed by atoms with Crippen LogP contribution < -0.4 is 0 Å². The maximum atomic E-state index is 4.23. The smallest absolute Gasteiger partial charge is 0.0101 e. The standard InChI is InChI=1S/C23H30/c1-18(2)23-21(5)16-9-7-12-19(3)14-11-15-20(4)13-8-10-17-22(23)6/h7-10,12-13,16-18,23H,3-6,11,14-15H2,1-2H3/b12-7-,13-8-,16-9-,17-10-. The Kier molecular flexibility index (Phi) is 8.11. The van der Waals surface area contributed by atoms with Crippen LogP contribution in [0.15, 0.2) is 97.2 Å². The second-order valence-electron chi connectivity index (χ2n) is 6.48. The van der Waals surface area contributed by atoms with Crippen molar-refractivity contribution in [3.8, 4) is 0 Å². The molecule has 0 aromatic carbocycles. The molecule has 0 aliphatic heterocycles. The van der Waals surface area contributed by atoms with Crippen LogP contribution in [-0.2, 0) is 0 Å². The summed E-state index contributed by atoms with van der Waals surface area (Å²) in [5.41, 5.74) is 4.47. The van der Waals surface area contributed by atoms with E-state index in [1.165, 1.54) is 0 Å². The first-order chi connectivity index (χ1) is 10.9. The fourth-order valence-corrected chi connectivity index (χ4v) is 2.75. The van der Waals surface area contributed by atoms with E-state index >= 15 is 0 Å². The van der Waals surface area contributed by atoms with Crippen molar-refractivity contribution in [2.45, 2.75) is 33.1 Å². The van der Waals surface area contributed by atoms with Gasteiger partial charge in [-0.2, -0.15) is 0 Å². The van der Waals surface area contributed by atoms with E-state index in [-0.39, 0.29) is 5.92 Å². The average molecular weight is 306 g/mol. The minimum Gasteiger partial charge on any atom is -0.0958 e. The molecule has 0 radical (unpaired) electrons. The van der Waals surface area contributed by atoms with Gasteiger partial charge >= 0.3 is 0 Å². The van der Waals surface area contributed by atoms with Gasteiger partial charge in [0.1, 0.15) is 0 Å². The highest BCUT2D eigenvalue weighted by Gasteiger charge is 2.16. The van der Waals surface area contributed by atoms with Crippen LogP contribution in [0.4, 0.5) is 0 Å². The molecule has 0 saturated carbocycles. The maximum Gasteiger partial charge on any atom is 0.0101 e. The summed E-state index contributed by atoms with van der Waals surface area (Å²) in [6.07, 6.45) is 19.6. The van der Waals surface area contributed by atoms with Crippen LogP contribution in [0.2, 0.25) is 0 Å². The van der Waals surface area contributed by atoms with Gasteiger partial charge < -0.3 is 0 Å². The first kappa shape index (κ1) is 19.0. The number of allylic oxidation sites excluding steroid dienone is 12. The molecule has 0 unspecified atom stereocenters. The third kappa shape index (κ3) is 7.15. The van der Waals surface area contributed by atoms with Gasteiger partial charge in [-0.25, -0.2) is 0 Å². The van der Waals surface area contributed by atoms with Gasteiger partial charge in [0, 0.05) is 5.92 Å². The van der Waals surface area contributed by atoms with Crippen molar-refractivity contribution >= 4 is 0 Å². The third-order valence-corrected chi connectivity index (χ3v) is 3.97. The maximum absolute atomic E-state index is 4.23. The summed E-state index contributed by atoms with van der Waals surface area (Å²) in [4.78, 5) is 0. The minimum atomic E-state index is 0.253. The summed E-state index contributed by atoms with van der Waals surface area (Å²) >= 11 is 0. The van der Waals surface area contributed by atoms with Gasteiger partial charge in [0.15, 0.2) is 0 Å². The van der Waals surface area contributed by atoms with Crippen molar-refractivity contribution in [3.05, 3.63) is 97.2 Å². The van der Waals surface area contributed by atoms with Crippen molar-refractivity contribution in [1.29, 1.82) is 0 Å². The second kappa shape index (κ2) is 9.84. The van der Waals surface area contributed by atoms with E-state index in [2.05, 4.69) is 64.5 Å². The van der Waals surface area contributed by atoms with Gasteiger partial charge in [-0.15, -0.1) is 0 Å². The van der Waals surface area contributed by atoms with Crippen molar-refractivity contribution in [2.24, 2.45) is 11.8 Å². The summed E-state index contributed by atoms with van der Waals surface area (Å²) in [5, 5.41) is 0. The Hall–Kier alpha value is -2.08. The van der Waals surface area contributed by atoms with Gasteiger partial charge in [-0.05, 0) is 36.3 Å². The van der Waals surface area contributed by atoms with Gasteiger partial charge in [0.2, 0.25) is 0 Å². The monoisotopic (exact) mass is 306 g/mol. The molecule has 0 fully saturated rings. The van der Waals surface area contributed by atoms with Crippen molar-refractivity contribution in [1.82, 2.24) is 0 Å². The molecule has 1 aliphatic rings. The predicted molar refractivity (Wildman–Crippen MR) is 105 cm³/mol. The van der Waals surface area contributed by atoms with Crippen LogP contribution in [0.1, 0.15) is 33.1 Å². The lowest BCUT2D eigenvalue weighted by Crippen LogP contribution is -2.11. The lowest BCUT2D eigenvalue weighted by molar-refractivity contribution is 0.520. The summed E-state index contributed by atoms with van der Waals surface area (Å²) in [6.45, 7) is 21.1. The van der Waals surface area contributed by atoms with Crippen LogP contribution in [0.5, 0.6) is 0 Å². The SMILES string of the molecule is C=C1/C=C\C=C/C(=C)C(C(C)C)C(=C)/C=C\C=C/C(=C)CCC1. The molecule has 0 atom stereocenters. The van der Waals surface area contributed by atoms with E-state index in [4.69, 9.17) is 0 Å². The molecule has 1 rings (SSSR count). The molecule has 0 nitrogen and oxygen atoms in total. The topological polar surface area (TPSA) is 0 Å². The predicted octanol–water partition coefficient (Wildman–Crippen LogP) is 6.89. The van der Waals surface area contributed by atoms with E-state index in [1.807, 2.05) is 24.3 Å². The van der Waals surface area contributed by atoms with E-state index < -0.39 is 0 Å². The second-order valence-corrected chi connectivity index (χ2v) is 6.48. The summed E-state index contributed by atoms with van der Waals surface area (Å²) in [7, 11) is 0. The lowest BCUT2D eigenvalue weighted by Gasteiger charge is -2.22. The first-order valence-electron chi connectivity index (χ1n) is 8.34. The van der Waals surface area contributed by atoms with Crippen LogP contribution in [0.25, 0.3) is 0 Å². The third-order valence-electron chi connectivity index (χ3n) is 3.97. The van der Waals surface area contributed by atoms with E-state index in [0.29, 0.717) is 5.92 Å². The lowest BCUT2D eigenvalue weighted by atomic mass is 9.83. The van der Waals surface area contributed by atoms with E-state index in [0.717, 1.165) is 41.6 Å². The zero-order valence-electron chi connectivity index (χ0n) is 14.7. The largest absolute Gasteiger partial charge is 0.0958 e. The molecule has 0 saturated heterocycles. The molecule has 0 aromatic rings. The van der Waals surface area contributed by atoms with Gasteiger partial charge in [0.25, 0.3) is 0 Å². The molecular weight excluding hydrogens is 276 g/mol. The molecule has 0 bridgehead atoms. The number of rotatable bonds is 1. The fourth-order valence-electron chi connectivity index (χ4n) is 2.75. The van der Waals surface area contributed by atoms with Gasteiger partial charge in [-0.1, -0.05) is 99.9 Å². The highest BCUT2D eigenvalue weighted by atomic mass is 14.2. The molecule has 122 valence electrons.